The van der Waals surface area contributed by atoms with E-state index in [2.05, 4.69) is 4.98 Å². The van der Waals surface area contributed by atoms with Crippen molar-refractivity contribution in [2.45, 2.75) is 12.3 Å². The number of benzene rings is 1. The largest absolute Gasteiger partial charge is 0.481 e. The van der Waals surface area contributed by atoms with Gasteiger partial charge in [-0.1, -0.05) is 30.3 Å². The van der Waals surface area contributed by atoms with Gasteiger partial charge in [0.2, 0.25) is 0 Å². The first kappa shape index (κ1) is 14.2. The number of rotatable bonds is 4. The smallest absolute Gasteiger partial charge is 0.304 e. The average Bonchev–Trinajstić information content (AvgIpc) is 2.38. The Morgan fingerprint density at radius 2 is 1.61 bits per heavy atom. The fraction of sp³-hybridized carbons (Fsp3) is 0.143. The molecule has 0 aliphatic carbocycles. The van der Waals surface area contributed by atoms with Gasteiger partial charge < -0.3 is 5.11 Å². The molecule has 1 aromatic heterocycles. The minimum absolute atomic E-state index is 0. The van der Waals surface area contributed by atoms with E-state index >= 15 is 0 Å². The molecule has 0 bridgehead atoms. The third-order valence-electron chi connectivity index (χ3n) is 2.69. The summed E-state index contributed by atoms with van der Waals surface area (Å²) in [4.78, 5) is 14.9. The quantitative estimate of drug-likeness (QED) is 0.922. The number of aromatic nitrogens is 1. The van der Waals surface area contributed by atoms with Crippen LogP contribution in [0.3, 0.4) is 0 Å². The number of carboxylic acids is 1. The Hall–Kier alpha value is -1.87. The second-order valence-corrected chi connectivity index (χ2v) is 3.84. The third kappa shape index (κ3) is 3.57. The number of aliphatic carboxylic acids is 1. The van der Waals surface area contributed by atoms with Crippen LogP contribution in [0.5, 0.6) is 0 Å². The normalized spacial score (nSPS) is 11.3. The molecule has 0 aliphatic rings. The fourth-order valence-electron chi connectivity index (χ4n) is 1.88. The van der Waals surface area contributed by atoms with Crippen LogP contribution < -0.4 is 0 Å². The molecule has 94 valence electrons. The standard InChI is InChI=1S/C14H13NO2.ClH/c16-14(17)10-13(11-4-2-1-3-5-11)12-6-8-15-9-7-12;/h1-9,13H,10H2,(H,16,17);1H. The van der Waals surface area contributed by atoms with Crippen LogP contribution in [-0.2, 0) is 4.79 Å². The SMILES string of the molecule is Cl.O=C(O)CC(c1ccccc1)c1ccncc1. The summed E-state index contributed by atoms with van der Waals surface area (Å²) in [6.45, 7) is 0. The van der Waals surface area contributed by atoms with Crippen molar-refractivity contribution in [3.63, 3.8) is 0 Å². The molecule has 18 heavy (non-hydrogen) atoms. The molecular weight excluding hydrogens is 250 g/mol. The zero-order valence-electron chi connectivity index (χ0n) is 9.69. The summed E-state index contributed by atoms with van der Waals surface area (Å²) in [5.41, 5.74) is 2.00. The molecule has 1 atom stereocenters. The number of hydrogen-bond acceptors (Lipinski definition) is 2. The number of nitrogens with zero attached hydrogens (tertiary/aromatic N) is 1. The Labute approximate surface area is 112 Å². The maximum Gasteiger partial charge on any atom is 0.304 e. The molecule has 2 aromatic rings. The van der Waals surface area contributed by atoms with Crippen LogP contribution in [0, 0.1) is 0 Å². The van der Waals surface area contributed by atoms with Gasteiger partial charge in [0.05, 0.1) is 6.42 Å². The minimum atomic E-state index is -0.796. The summed E-state index contributed by atoms with van der Waals surface area (Å²) in [6, 6.07) is 13.4. The molecule has 0 aliphatic heterocycles. The molecule has 0 amide bonds. The van der Waals surface area contributed by atoms with Gasteiger partial charge in [0.1, 0.15) is 0 Å². The van der Waals surface area contributed by atoms with E-state index < -0.39 is 5.97 Å². The molecular formula is C14H14ClNO2. The van der Waals surface area contributed by atoms with Gasteiger partial charge in [0.15, 0.2) is 0 Å². The maximum absolute atomic E-state index is 10.9. The maximum atomic E-state index is 10.9. The lowest BCUT2D eigenvalue weighted by Crippen LogP contribution is -2.07. The van der Waals surface area contributed by atoms with E-state index in [0.717, 1.165) is 11.1 Å². The molecule has 1 N–H and O–H groups in total. The van der Waals surface area contributed by atoms with Crippen molar-refractivity contribution in [2.75, 3.05) is 0 Å². The lowest BCUT2D eigenvalue weighted by Gasteiger charge is -2.15. The van der Waals surface area contributed by atoms with Crippen LogP contribution in [0.2, 0.25) is 0 Å². The summed E-state index contributed by atoms with van der Waals surface area (Å²) in [5, 5.41) is 8.99. The van der Waals surface area contributed by atoms with E-state index in [0.29, 0.717) is 0 Å². The first-order valence-corrected chi connectivity index (χ1v) is 5.44. The van der Waals surface area contributed by atoms with Crippen LogP contribution in [0.1, 0.15) is 23.5 Å². The van der Waals surface area contributed by atoms with E-state index in [1.54, 1.807) is 12.4 Å². The highest BCUT2D eigenvalue weighted by molar-refractivity contribution is 5.85. The fourth-order valence-corrected chi connectivity index (χ4v) is 1.88. The van der Waals surface area contributed by atoms with Gasteiger partial charge in [-0.05, 0) is 23.3 Å². The number of carboxylic acid groups (broad SMARTS) is 1. The average molecular weight is 264 g/mol. The van der Waals surface area contributed by atoms with Crippen LogP contribution in [0.4, 0.5) is 0 Å². The summed E-state index contributed by atoms with van der Waals surface area (Å²) >= 11 is 0. The van der Waals surface area contributed by atoms with Gasteiger partial charge in [-0.3, -0.25) is 9.78 Å². The monoisotopic (exact) mass is 263 g/mol. The second kappa shape index (κ2) is 6.77. The van der Waals surface area contributed by atoms with E-state index in [-0.39, 0.29) is 24.7 Å². The highest BCUT2D eigenvalue weighted by Gasteiger charge is 2.17. The predicted molar refractivity (Wildman–Crippen MR) is 72.0 cm³/mol. The lowest BCUT2D eigenvalue weighted by atomic mass is 9.89. The first-order chi connectivity index (χ1) is 8.27. The van der Waals surface area contributed by atoms with Crippen molar-refractivity contribution in [3.05, 3.63) is 66.0 Å². The zero-order chi connectivity index (χ0) is 12.1. The van der Waals surface area contributed by atoms with Gasteiger partial charge in [0, 0.05) is 18.3 Å². The van der Waals surface area contributed by atoms with Crippen LogP contribution >= 0.6 is 12.4 Å². The highest BCUT2D eigenvalue weighted by Crippen LogP contribution is 2.27. The van der Waals surface area contributed by atoms with Crippen molar-refractivity contribution >= 4 is 18.4 Å². The molecule has 4 heteroatoms. The Balaban J connectivity index is 0.00000162. The molecule has 0 saturated carbocycles. The number of halogens is 1. The molecule has 0 saturated heterocycles. The van der Waals surface area contributed by atoms with E-state index in [1.807, 2.05) is 42.5 Å². The molecule has 1 unspecified atom stereocenters. The Morgan fingerprint density at radius 1 is 1.06 bits per heavy atom. The summed E-state index contributed by atoms with van der Waals surface area (Å²) < 4.78 is 0. The van der Waals surface area contributed by atoms with Crippen LogP contribution in [0.15, 0.2) is 54.9 Å². The van der Waals surface area contributed by atoms with Crippen molar-refractivity contribution < 1.29 is 9.90 Å². The van der Waals surface area contributed by atoms with Gasteiger partial charge in [0.25, 0.3) is 0 Å². The first-order valence-electron chi connectivity index (χ1n) is 5.44. The Bertz CT molecular complexity index is 448. The van der Waals surface area contributed by atoms with E-state index in [4.69, 9.17) is 5.11 Å². The molecule has 0 spiro atoms. The topological polar surface area (TPSA) is 50.2 Å². The predicted octanol–water partition coefficient (Wildman–Crippen LogP) is 3.11. The minimum Gasteiger partial charge on any atom is -0.481 e. The zero-order valence-corrected chi connectivity index (χ0v) is 10.5. The van der Waals surface area contributed by atoms with E-state index in [1.165, 1.54) is 0 Å². The molecule has 1 aromatic carbocycles. The Kier molecular flexibility index (Phi) is 5.33. The molecule has 0 fully saturated rings. The molecule has 0 radical (unpaired) electrons. The highest BCUT2D eigenvalue weighted by atomic mass is 35.5. The van der Waals surface area contributed by atoms with Gasteiger partial charge in [-0.2, -0.15) is 0 Å². The van der Waals surface area contributed by atoms with Crippen molar-refractivity contribution in [2.24, 2.45) is 0 Å². The lowest BCUT2D eigenvalue weighted by molar-refractivity contribution is -0.137. The van der Waals surface area contributed by atoms with Gasteiger partial charge in [-0.25, -0.2) is 0 Å². The second-order valence-electron chi connectivity index (χ2n) is 3.84. The van der Waals surface area contributed by atoms with Crippen LogP contribution in [0.25, 0.3) is 0 Å². The number of carbonyl (C=O) groups is 1. The third-order valence-corrected chi connectivity index (χ3v) is 2.69. The summed E-state index contributed by atoms with van der Waals surface area (Å²) in [7, 11) is 0. The summed E-state index contributed by atoms with van der Waals surface area (Å²) in [5.74, 6) is -0.910. The summed E-state index contributed by atoms with van der Waals surface area (Å²) in [6.07, 6.45) is 3.47. The van der Waals surface area contributed by atoms with Gasteiger partial charge in [-0.15, -0.1) is 12.4 Å². The molecule has 3 nitrogen and oxygen atoms in total. The van der Waals surface area contributed by atoms with Crippen molar-refractivity contribution in [1.29, 1.82) is 0 Å². The number of hydrogen-bond donors (Lipinski definition) is 1. The number of pyridine rings is 1. The molecule has 1 heterocycles. The van der Waals surface area contributed by atoms with E-state index in [9.17, 15) is 4.79 Å². The van der Waals surface area contributed by atoms with Crippen molar-refractivity contribution in [1.82, 2.24) is 4.98 Å². The van der Waals surface area contributed by atoms with Crippen LogP contribution in [-0.4, -0.2) is 16.1 Å². The van der Waals surface area contributed by atoms with Gasteiger partial charge >= 0.3 is 5.97 Å². The molecule has 2 rings (SSSR count). The Morgan fingerprint density at radius 3 is 2.17 bits per heavy atom. The van der Waals surface area contributed by atoms with Crippen molar-refractivity contribution in [3.8, 4) is 0 Å².